The Balaban J connectivity index is 2.09. The first-order chi connectivity index (χ1) is 7.15. The van der Waals surface area contributed by atoms with E-state index in [4.69, 9.17) is 5.73 Å². The molecule has 0 bridgehead atoms. The zero-order chi connectivity index (χ0) is 10.8. The van der Waals surface area contributed by atoms with E-state index in [9.17, 15) is 9.18 Å². The van der Waals surface area contributed by atoms with E-state index < -0.39 is 12.1 Å². The van der Waals surface area contributed by atoms with Crippen LogP contribution in [0, 0.1) is 0 Å². The van der Waals surface area contributed by atoms with Crippen molar-refractivity contribution in [2.75, 3.05) is 18.0 Å². The standard InChI is InChI=1S/C10H12FN3O/c11-7-5-14(6-7)10-3-1-2-8(13-10)4-9(12)15/h1-3,7H,4-6H2,(H2,12,15). The van der Waals surface area contributed by atoms with Crippen molar-refractivity contribution in [1.29, 1.82) is 0 Å². The van der Waals surface area contributed by atoms with E-state index in [0.717, 1.165) is 0 Å². The minimum atomic E-state index is -0.758. The van der Waals surface area contributed by atoms with Crippen molar-refractivity contribution in [2.24, 2.45) is 5.73 Å². The Kier molecular flexibility index (Phi) is 2.53. The summed E-state index contributed by atoms with van der Waals surface area (Å²) < 4.78 is 12.6. The number of primary amides is 1. The third-order valence-electron chi connectivity index (χ3n) is 2.31. The number of nitrogens with zero attached hydrogens (tertiary/aromatic N) is 2. The number of hydrogen-bond donors (Lipinski definition) is 1. The normalized spacial score (nSPS) is 16.2. The number of aromatic nitrogens is 1. The Morgan fingerprint density at radius 1 is 1.60 bits per heavy atom. The monoisotopic (exact) mass is 209 g/mol. The van der Waals surface area contributed by atoms with Gasteiger partial charge in [-0.25, -0.2) is 9.37 Å². The maximum absolute atomic E-state index is 12.6. The fourth-order valence-corrected chi connectivity index (χ4v) is 1.53. The number of amides is 1. The van der Waals surface area contributed by atoms with E-state index in [2.05, 4.69) is 4.98 Å². The molecule has 5 heteroatoms. The first-order valence-corrected chi connectivity index (χ1v) is 4.78. The predicted octanol–water partition coefficient (Wildman–Crippen LogP) is 0.267. The van der Waals surface area contributed by atoms with E-state index >= 15 is 0 Å². The van der Waals surface area contributed by atoms with E-state index in [1.807, 2.05) is 4.90 Å². The molecule has 2 rings (SSSR count). The van der Waals surface area contributed by atoms with Gasteiger partial charge >= 0.3 is 0 Å². The Bertz CT molecular complexity index is 377. The molecule has 2 N–H and O–H groups in total. The molecule has 0 saturated carbocycles. The molecule has 0 spiro atoms. The quantitative estimate of drug-likeness (QED) is 0.777. The highest BCUT2D eigenvalue weighted by Crippen LogP contribution is 2.20. The lowest BCUT2D eigenvalue weighted by Gasteiger charge is -2.35. The summed E-state index contributed by atoms with van der Waals surface area (Å²) in [5.41, 5.74) is 5.69. The van der Waals surface area contributed by atoms with Gasteiger partial charge in [0.15, 0.2) is 0 Å². The van der Waals surface area contributed by atoms with Gasteiger partial charge in [0.25, 0.3) is 0 Å². The van der Waals surface area contributed by atoms with Crippen molar-refractivity contribution in [3.63, 3.8) is 0 Å². The highest BCUT2D eigenvalue weighted by atomic mass is 19.1. The Morgan fingerprint density at radius 3 is 2.93 bits per heavy atom. The second-order valence-electron chi connectivity index (χ2n) is 3.63. The Labute approximate surface area is 86.9 Å². The third kappa shape index (κ3) is 2.23. The van der Waals surface area contributed by atoms with E-state index in [-0.39, 0.29) is 6.42 Å². The highest BCUT2D eigenvalue weighted by Gasteiger charge is 2.27. The maximum atomic E-state index is 12.6. The van der Waals surface area contributed by atoms with Crippen LogP contribution in [-0.4, -0.2) is 30.2 Å². The van der Waals surface area contributed by atoms with Gasteiger partial charge in [-0.05, 0) is 12.1 Å². The van der Waals surface area contributed by atoms with Gasteiger partial charge in [0, 0.05) is 0 Å². The fraction of sp³-hybridized carbons (Fsp3) is 0.400. The van der Waals surface area contributed by atoms with Crippen molar-refractivity contribution < 1.29 is 9.18 Å². The predicted molar refractivity (Wildman–Crippen MR) is 54.2 cm³/mol. The molecule has 1 amide bonds. The highest BCUT2D eigenvalue weighted by molar-refractivity contribution is 5.76. The van der Waals surface area contributed by atoms with Crippen molar-refractivity contribution >= 4 is 11.7 Å². The van der Waals surface area contributed by atoms with Crippen LogP contribution in [0.1, 0.15) is 5.69 Å². The third-order valence-corrected chi connectivity index (χ3v) is 2.31. The lowest BCUT2D eigenvalue weighted by molar-refractivity contribution is -0.117. The number of carbonyl (C=O) groups is 1. The first kappa shape index (κ1) is 9.89. The molecule has 0 aliphatic carbocycles. The van der Waals surface area contributed by atoms with E-state index in [0.29, 0.717) is 24.6 Å². The molecule has 0 unspecified atom stereocenters. The van der Waals surface area contributed by atoms with Gasteiger partial charge in [0.2, 0.25) is 5.91 Å². The topological polar surface area (TPSA) is 59.2 Å². The number of nitrogens with two attached hydrogens (primary N) is 1. The van der Waals surface area contributed by atoms with Crippen LogP contribution in [0.25, 0.3) is 0 Å². The van der Waals surface area contributed by atoms with Gasteiger partial charge in [-0.2, -0.15) is 0 Å². The van der Waals surface area contributed by atoms with Gasteiger partial charge in [0.05, 0.1) is 25.2 Å². The van der Waals surface area contributed by atoms with Crippen LogP contribution >= 0.6 is 0 Å². The molecule has 1 aliphatic rings. The molecule has 1 saturated heterocycles. The van der Waals surface area contributed by atoms with Crippen LogP contribution < -0.4 is 10.6 Å². The van der Waals surface area contributed by atoms with Crippen LogP contribution in [-0.2, 0) is 11.2 Å². The summed E-state index contributed by atoms with van der Waals surface area (Å²) in [7, 11) is 0. The van der Waals surface area contributed by atoms with E-state index in [1.165, 1.54) is 0 Å². The molecule has 1 aromatic heterocycles. The molecule has 0 atom stereocenters. The van der Waals surface area contributed by atoms with Gasteiger partial charge < -0.3 is 10.6 Å². The number of halogens is 1. The lowest BCUT2D eigenvalue weighted by Crippen LogP contribution is -2.48. The lowest BCUT2D eigenvalue weighted by atomic mass is 10.2. The summed E-state index contributed by atoms with van der Waals surface area (Å²) in [6.07, 6.45) is -0.632. The summed E-state index contributed by atoms with van der Waals surface area (Å²) >= 11 is 0. The van der Waals surface area contributed by atoms with Crippen molar-refractivity contribution in [3.05, 3.63) is 23.9 Å². The molecule has 1 fully saturated rings. The fourth-order valence-electron chi connectivity index (χ4n) is 1.53. The van der Waals surface area contributed by atoms with Crippen molar-refractivity contribution in [1.82, 2.24) is 4.98 Å². The number of anilines is 1. The zero-order valence-corrected chi connectivity index (χ0v) is 8.19. The van der Waals surface area contributed by atoms with Gasteiger partial charge in [-0.3, -0.25) is 4.79 Å². The Morgan fingerprint density at radius 2 is 2.33 bits per heavy atom. The molecular weight excluding hydrogens is 197 g/mol. The summed E-state index contributed by atoms with van der Waals surface area (Å²) in [5.74, 6) is 0.300. The van der Waals surface area contributed by atoms with Crippen LogP contribution in [0.2, 0.25) is 0 Å². The molecule has 0 aromatic carbocycles. The zero-order valence-electron chi connectivity index (χ0n) is 8.19. The minimum absolute atomic E-state index is 0.126. The molecule has 80 valence electrons. The molecular formula is C10H12FN3O. The second kappa shape index (κ2) is 3.84. The SMILES string of the molecule is NC(=O)Cc1cccc(N2CC(F)C2)n1. The summed E-state index contributed by atoms with van der Waals surface area (Å²) in [6.45, 7) is 0.764. The largest absolute Gasteiger partial charge is 0.369 e. The number of pyridine rings is 1. The smallest absolute Gasteiger partial charge is 0.223 e. The van der Waals surface area contributed by atoms with Gasteiger partial charge in [-0.15, -0.1) is 0 Å². The summed E-state index contributed by atoms with van der Waals surface area (Å²) in [4.78, 5) is 16.8. The molecule has 2 heterocycles. The van der Waals surface area contributed by atoms with Crippen LogP contribution in [0.5, 0.6) is 0 Å². The van der Waals surface area contributed by atoms with Crippen LogP contribution in [0.4, 0.5) is 10.2 Å². The van der Waals surface area contributed by atoms with Crippen molar-refractivity contribution in [3.8, 4) is 0 Å². The molecule has 4 nitrogen and oxygen atoms in total. The second-order valence-corrected chi connectivity index (χ2v) is 3.63. The van der Waals surface area contributed by atoms with E-state index in [1.54, 1.807) is 18.2 Å². The van der Waals surface area contributed by atoms with Gasteiger partial charge in [-0.1, -0.05) is 6.07 Å². The molecule has 1 aromatic rings. The number of carbonyl (C=O) groups excluding carboxylic acids is 1. The van der Waals surface area contributed by atoms with Crippen molar-refractivity contribution in [2.45, 2.75) is 12.6 Å². The maximum Gasteiger partial charge on any atom is 0.223 e. The first-order valence-electron chi connectivity index (χ1n) is 4.78. The van der Waals surface area contributed by atoms with Crippen LogP contribution in [0.15, 0.2) is 18.2 Å². The molecule has 0 radical (unpaired) electrons. The van der Waals surface area contributed by atoms with Gasteiger partial charge in [0.1, 0.15) is 12.0 Å². The van der Waals surface area contributed by atoms with Crippen LogP contribution in [0.3, 0.4) is 0 Å². The average Bonchev–Trinajstić information content (AvgIpc) is 2.12. The Hall–Kier alpha value is -1.65. The summed E-state index contributed by atoms with van der Waals surface area (Å²) in [6, 6.07) is 5.34. The number of hydrogen-bond acceptors (Lipinski definition) is 3. The molecule has 1 aliphatic heterocycles. The number of rotatable bonds is 3. The summed E-state index contributed by atoms with van der Waals surface area (Å²) in [5, 5.41) is 0. The minimum Gasteiger partial charge on any atom is -0.369 e. The number of alkyl halides is 1. The molecule has 15 heavy (non-hydrogen) atoms. The average molecular weight is 209 g/mol.